The van der Waals surface area contributed by atoms with Crippen LogP contribution >= 0.6 is 0 Å². The van der Waals surface area contributed by atoms with Gasteiger partial charge in [0, 0.05) is 17.3 Å². The Morgan fingerprint density at radius 2 is 1.85 bits per heavy atom. The number of ether oxygens (including phenoxy) is 1. The zero-order chi connectivity index (χ0) is 18.7. The summed E-state index contributed by atoms with van der Waals surface area (Å²) in [4.78, 5) is 17.0. The van der Waals surface area contributed by atoms with E-state index in [1.807, 2.05) is 26.0 Å². The van der Waals surface area contributed by atoms with E-state index in [9.17, 15) is 4.79 Å². The number of benzene rings is 2. The molecule has 4 heteroatoms. The first kappa shape index (κ1) is 17.9. The largest absolute Gasteiger partial charge is 0.462 e. The van der Waals surface area contributed by atoms with E-state index in [0.717, 1.165) is 39.8 Å². The fourth-order valence-corrected chi connectivity index (χ4v) is 3.13. The normalized spacial score (nSPS) is 10.8. The van der Waals surface area contributed by atoms with Crippen LogP contribution < -0.4 is 5.32 Å². The van der Waals surface area contributed by atoms with Crippen molar-refractivity contribution in [3.8, 4) is 0 Å². The van der Waals surface area contributed by atoms with E-state index in [1.54, 1.807) is 13.1 Å². The van der Waals surface area contributed by atoms with E-state index in [1.165, 1.54) is 5.56 Å². The lowest BCUT2D eigenvalue weighted by Crippen LogP contribution is -2.09. The molecule has 1 N–H and O–H groups in total. The number of nitrogens with zero attached hydrogens (tertiary/aromatic N) is 1. The summed E-state index contributed by atoms with van der Waals surface area (Å²) in [6.45, 7) is 8.34. The molecule has 134 valence electrons. The summed E-state index contributed by atoms with van der Waals surface area (Å²) in [5.74, 6) is -0.367. The van der Waals surface area contributed by atoms with Gasteiger partial charge in [-0.05, 0) is 56.5 Å². The average molecular weight is 348 g/mol. The van der Waals surface area contributed by atoms with Crippen molar-refractivity contribution in [3.63, 3.8) is 0 Å². The lowest BCUT2D eigenvalue weighted by molar-refractivity contribution is 0.0527. The predicted molar refractivity (Wildman–Crippen MR) is 106 cm³/mol. The molecule has 0 aliphatic heterocycles. The molecule has 4 nitrogen and oxygen atoms in total. The Morgan fingerprint density at radius 3 is 2.50 bits per heavy atom. The molecule has 0 aliphatic rings. The van der Waals surface area contributed by atoms with Crippen molar-refractivity contribution in [3.05, 3.63) is 64.8 Å². The smallest absolute Gasteiger partial charge is 0.341 e. The number of carbonyl (C=O) groups is 1. The molecule has 0 fully saturated rings. The van der Waals surface area contributed by atoms with Gasteiger partial charge < -0.3 is 10.1 Å². The molecule has 0 bridgehead atoms. The number of rotatable bonds is 5. The summed E-state index contributed by atoms with van der Waals surface area (Å²) in [6.07, 6.45) is 2.59. The van der Waals surface area contributed by atoms with Crippen LogP contribution in [0.15, 0.2) is 42.6 Å². The molecule has 0 saturated heterocycles. The Kier molecular flexibility index (Phi) is 5.21. The molecule has 1 heterocycles. The number of hydrogen-bond donors (Lipinski definition) is 1. The number of anilines is 2. The second kappa shape index (κ2) is 7.56. The monoisotopic (exact) mass is 348 g/mol. The van der Waals surface area contributed by atoms with Gasteiger partial charge in [0.2, 0.25) is 0 Å². The van der Waals surface area contributed by atoms with Crippen molar-refractivity contribution < 1.29 is 9.53 Å². The number of aryl methyl sites for hydroxylation is 3. The van der Waals surface area contributed by atoms with Crippen LogP contribution in [0.2, 0.25) is 0 Å². The molecule has 0 saturated carbocycles. The van der Waals surface area contributed by atoms with E-state index in [4.69, 9.17) is 4.74 Å². The highest BCUT2D eigenvalue weighted by molar-refractivity contribution is 6.06. The first-order chi connectivity index (χ1) is 12.5. The van der Waals surface area contributed by atoms with Crippen LogP contribution in [0.5, 0.6) is 0 Å². The van der Waals surface area contributed by atoms with Gasteiger partial charge in [-0.2, -0.15) is 0 Å². The zero-order valence-corrected chi connectivity index (χ0v) is 15.7. The van der Waals surface area contributed by atoms with Gasteiger partial charge in [-0.15, -0.1) is 0 Å². The molecule has 2 aromatic carbocycles. The first-order valence-electron chi connectivity index (χ1n) is 8.96. The fourth-order valence-electron chi connectivity index (χ4n) is 3.13. The average Bonchev–Trinajstić information content (AvgIpc) is 2.63. The lowest BCUT2D eigenvalue weighted by Gasteiger charge is -2.16. The molecule has 3 rings (SSSR count). The highest BCUT2D eigenvalue weighted by Crippen LogP contribution is 2.32. The summed E-state index contributed by atoms with van der Waals surface area (Å²) in [7, 11) is 0. The molecule has 1 aromatic heterocycles. The van der Waals surface area contributed by atoms with Crippen LogP contribution in [-0.4, -0.2) is 17.6 Å². The summed E-state index contributed by atoms with van der Waals surface area (Å²) in [5, 5.41) is 4.34. The molecule has 0 atom stereocenters. The third kappa shape index (κ3) is 3.54. The molecule has 0 amide bonds. The van der Waals surface area contributed by atoms with Crippen LogP contribution in [0.1, 0.15) is 40.9 Å². The Labute approximate surface area is 154 Å². The topological polar surface area (TPSA) is 51.2 Å². The zero-order valence-electron chi connectivity index (χ0n) is 15.7. The van der Waals surface area contributed by atoms with Crippen LogP contribution in [0.4, 0.5) is 11.4 Å². The minimum atomic E-state index is -0.367. The Balaban J connectivity index is 2.17. The molecule has 3 aromatic rings. The molecule has 26 heavy (non-hydrogen) atoms. The molecule has 0 unspecified atom stereocenters. The second-order valence-electron chi connectivity index (χ2n) is 6.42. The van der Waals surface area contributed by atoms with Gasteiger partial charge in [-0.25, -0.2) is 4.79 Å². The number of fused-ring (bicyclic) bond motifs is 1. The summed E-state index contributed by atoms with van der Waals surface area (Å²) in [6, 6.07) is 12.4. The van der Waals surface area contributed by atoms with Crippen LogP contribution in [0.3, 0.4) is 0 Å². The predicted octanol–water partition coefficient (Wildman–Crippen LogP) is 5.33. The summed E-state index contributed by atoms with van der Waals surface area (Å²) in [5.41, 5.74) is 6.48. The quantitative estimate of drug-likeness (QED) is 0.633. The van der Waals surface area contributed by atoms with Crippen molar-refractivity contribution in [2.45, 2.75) is 34.1 Å². The van der Waals surface area contributed by atoms with Crippen molar-refractivity contribution >= 4 is 28.2 Å². The molecule has 0 aliphatic carbocycles. The van der Waals surface area contributed by atoms with E-state index in [-0.39, 0.29) is 5.97 Å². The standard InChI is InChI=1S/C22H24N2O2/c1-5-16-7-9-17(10-8-16)24-21-18-12-14(3)11-15(4)20(18)23-13-19(21)22(25)26-6-2/h7-13H,5-6H2,1-4H3,(H,23,24). The maximum atomic E-state index is 12.5. The van der Waals surface area contributed by atoms with Gasteiger partial charge in [0.25, 0.3) is 0 Å². The maximum absolute atomic E-state index is 12.5. The number of hydrogen-bond acceptors (Lipinski definition) is 4. The van der Waals surface area contributed by atoms with Gasteiger partial charge in [-0.1, -0.05) is 30.7 Å². The van der Waals surface area contributed by atoms with E-state index in [2.05, 4.69) is 41.5 Å². The Hall–Kier alpha value is -2.88. The number of pyridine rings is 1. The van der Waals surface area contributed by atoms with E-state index < -0.39 is 0 Å². The molecular weight excluding hydrogens is 324 g/mol. The van der Waals surface area contributed by atoms with Crippen molar-refractivity contribution in [1.29, 1.82) is 0 Å². The third-order valence-corrected chi connectivity index (χ3v) is 4.43. The van der Waals surface area contributed by atoms with Crippen molar-refractivity contribution in [2.24, 2.45) is 0 Å². The van der Waals surface area contributed by atoms with Gasteiger partial charge in [0.15, 0.2) is 0 Å². The molecular formula is C22H24N2O2. The van der Waals surface area contributed by atoms with Crippen LogP contribution in [0, 0.1) is 13.8 Å². The second-order valence-corrected chi connectivity index (χ2v) is 6.42. The number of esters is 1. The Bertz CT molecular complexity index is 947. The third-order valence-electron chi connectivity index (χ3n) is 4.43. The van der Waals surface area contributed by atoms with Crippen LogP contribution in [-0.2, 0) is 11.2 Å². The summed E-state index contributed by atoms with van der Waals surface area (Å²) < 4.78 is 5.23. The molecule has 0 spiro atoms. The van der Waals surface area contributed by atoms with E-state index in [0.29, 0.717) is 12.2 Å². The van der Waals surface area contributed by atoms with Gasteiger partial charge in [0.05, 0.1) is 17.8 Å². The lowest BCUT2D eigenvalue weighted by atomic mass is 10.0. The Morgan fingerprint density at radius 1 is 1.12 bits per heavy atom. The highest BCUT2D eigenvalue weighted by atomic mass is 16.5. The van der Waals surface area contributed by atoms with Crippen molar-refractivity contribution in [2.75, 3.05) is 11.9 Å². The highest BCUT2D eigenvalue weighted by Gasteiger charge is 2.18. The fraction of sp³-hybridized carbons (Fsp3) is 0.273. The number of nitrogens with one attached hydrogen (secondary N) is 1. The van der Waals surface area contributed by atoms with Gasteiger partial charge in [-0.3, -0.25) is 4.98 Å². The summed E-state index contributed by atoms with van der Waals surface area (Å²) >= 11 is 0. The minimum absolute atomic E-state index is 0.328. The maximum Gasteiger partial charge on any atom is 0.341 e. The van der Waals surface area contributed by atoms with Crippen molar-refractivity contribution in [1.82, 2.24) is 4.98 Å². The number of carbonyl (C=O) groups excluding carboxylic acids is 1. The van der Waals surface area contributed by atoms with E-state index >= 15 is 0 Å². The van der Waals surface area contributed by atoms with Crippen LogP contribution in [0.25, 0.3) is 10.9 Å². The van der Waals surface area contributed by atoms with Gasteiger partial charge in [0.1, 0.15) is 5.56 Å². The molecule has 0 radical (unpaired) electrons. The minimum Gasteiger partial charge on any atom is -0.462 e. The SMILES string of the molecule is CCOC(=O)c1cnc2c(C)cc(C)cc2c1Nc1ccc(CC)cc1. The first-order valence-corrected chi connectivity index (χ1v) is 8.96. The van der Waals surface area contributed by atoms with Gasteiger partial charge >= 0.3 is 5.97 Å². The number of aromatic nitrogens is 1.